The van der Waals surface area contributed by atoms with Gasteiger partial charge >= 0.3 is 5.97 Å². The number of rotatable bonds is 2. The Bertz CT molecular complexity index is 525. The molecule has 0 amide bonds. The van der Waals surface area contributed by atoms with E-state index in [1.165, 1.54) is 19.3 Å². The first-order valence-corrected chi connectivity index (χ1v) is 7.69. The van der Waals surface area contributed by atoms with E-state index in [1.807, 2.05) is 0 Å². The largest absolute Gasteiger partial charge is 0.455 e. The topological polar surface area (TPSA) is 39.2 Å². The first-order valence-electron chi connectivity index (χ1n) is 7.69. The van der Waals surface area contributed by atoms with E-state index in [2.05, 4.69) is 11.9 Å². The average Bonchev–Trinajstić information content (AvgIpc) is 2.36. The smallest absolute Gasteiger partial charge is 0.338 e. The third-order valence-electron chi connectivity index (χ3n) is 5.53. The molecule has 106 valence electrons. The zero-order valence-electron chi connectivity index (χ0n) is 12.0. The Balaban J connectivity index is 1.58. The van der Waals surface area contributed by atoms with E-state index in [4.69, 9.17) is 4.74 Å². The van der Waals surface area contributed by atoms with Crippen LogP contribution in [-0.4, -0.2) is 16.6 Å². The van der Waals surface area contributed by atoms with Crippen molar-refractivity contribution in [2.75, 3.05) is 0 Å². The third-order valence-corrected chi connectivity index (χ3v) is 5.53. The highest BCUT2D eigenvalue weighted by atomic mass is 16.6. The van der Waals surface area contributed by atoms with Crippen molar-refractivity contribution >= 4 is 5.97 Å². The molecule has 3 nitrogen and oxygen atoms in total. The summed E-state index contributed by atoms with van der Waals surface area (Å²) in [5, 5.41) is 0. The van der Waals surface area contributed by atoms with E-state index in [0.717, 1.165) is 31.1 Å². The van der Waals surface area contributed by atoms with Gasteiger partial charge in [0, 0.05) is 12.4 Å². The van der Waals surface area contributed by atoms with Crippen LogP contribution in [0.4, 0.5) is 0 Å². The van der Waals surface area contributed by atoms with E-state index in [9.17, 15) is 4.79 Å². The van der Waals surface area contributed by atoms with Crippen molar-refractivity contribution in [1.82, 2.24) is 4.98 Å². The summed E-state index contributed by atoms with van der Waals surface area (Å²) in [4.78, 5) is 16.3. The molecule has 4 fully saturated rings. The molecule has 5 rings (SSSR count). The minimum absolute atomic E-state index is 0.169. The van der Waals surface area contributed by atoms with Crippen LogP contribution in [0.3, 0.4) is 0 Å². The SMILES string of the molecule is CC12CC3CC(C1)CC(OC(=O)c1ccncc1)(C3)C2. The highest BCUT2D eigenvalue weighted by Crippen LogP contribution is 2.62. The summed E-state index contributed by atoms with van der Waals surface area (Å²) in [6, 6.07) is 3.48. The van der Waals surface area contributed by atoms with Gasteiger partial charge in [-0.1, -0.05) is 6.92 Å². The standard InChI is InChI=1S/C17H21NO2/c1-16-7-12-6-13(8-16)10-17(9-12,11-16)20-15(19)14-2-4-18-5-3-14/h2-5,12-13H,6-11H2,1H3. The van der Waals surface area contributed by atoms with Crippen molar-refractivity contribution in [3.8, 4) is 0 Å². The van der Waals surface area contributed by atoms with Gasteiger partial charge in [-0.25, -0.2) is 4.79 Å². The lowest BCUT2D eigenvalue weighted by Gasteiger charge is -2.60. The Labute approximate surface area is 119 Å². The summed E-state index contributed by atoms with van der Waals surface area (Å²) in [5.41, 5.74) is 0.850. The van der Waals surface area contributed by atoms with E-state index < -0.39 is 0 Å². The monoisotopic (exact) mass is 271 g/mol. The zero-order chi connectivity index (χ0) is 13.8. The molecule has 0 aliphatic heterocycles. The molecule has 0 saturated heterocycles. The van der Waals surface area contributed by atoms with E-state index in [0.29, 0.717) is 11.0 Å². The van der Waals surface area contributed by atoms with Crippen molar-refractivity contribution in [2.45, 2.75) is 51.0 Å². The highest BCUT2D eigenvalue weighted by molar-refractivity contribution is 5.89. The second-order valence-electron chi connectivity index (χ2n) is 7.58. The molecular weight excluding hydrogens is 250 g/mol. The molecule has 1 aromatic heterocycles. The van der Waals surface area contributed by atoms with Crippen LogP contribution in [0.15, 0.2) is 24.5 Å². The van der Waals surface area contributed by atoms with E-state index in [-0.39, 0.29) is 11.6 Å². The third kappa shape index (κ3) is 1.95. The summed E-state index contributed by atoms with van der Waals surface area (Å²) in [6.45, 7) is 2.39. The van der Waals surface area contributed by atoms with Crippen molar-refractivity contribution in [2.24, 2.45) is 17.3 Å². The number of pyridine rings is 1. The zero-order valence-corrected chi connectivity index (χ0v) is 12.0. The van der Waals surface area contributed by atoms with Crippen molar-refractivity contribution in [1.29, 1.82) is 0 Å². The lowest BCUT2D eigenvalue weighted by atomic mass is 9.48. The molecule has 2 atom stereocenters. The molecule has 0 radical (unpaired) electrons. The molecule has 4 saturated carbocycles. The molecule has 1 aromatic rings. The maximum Gasteiger partial charge on any atom is 0.338 e. The maximum atomic E-state index is 12.4. The number of esters is 1. The van der Waals surface area contributed by atoms with Gasteiger partial charge in [-0.3, -0.25) is 4.98 Å². The molecule has 0 aromatic carbocycles. The van der Waals surface area contributed by atoms with Crippen LogP contribution in [0.2, 0.25) is 0 Å². The summed E-state index contributed by atoms with van der Waals surface area (Å²) >= 11 is 0. The summed E-state index contributed by atoms with van der Waals surface area (Å²) in [6.07, 6.45) is 10.5. The van der Waals surface area contributed by atoms with E-state index >= 15 is 0 Å². The normalized spacial score (nSPS) is 41.6. The molecule has 2 unspecified atom stereocenters. The quantitative estimate of drug-likeness (QED) is 0.771. The summed E-state index contributed by atoms with van der Waals surface area (Å²) < 4.78 is 6.04. The second kappa shape index (κ2) is 4.06. The van der Waals surface area contributed by atoms with Gasteiger partial charge in [-0.15, -0.1) is 0 Å². The Morgan fingerprint density at radius 2 is 1.85 bits per heavy atom. The fraction of sp³-hybridized carbons (Fsp3) is 0.647. The Kier molecular flexibility index (Phi) is 2.51. The minimum Gasteiger partial charge on any atom is -0.455 e. The number of hydrogen-bond donors (Lipinski definition) is 0. The second-order valence-corrected chi connectivity index (χ2v) is 7.58. The van der Waals surface area contributed by atoms with Crippen molar-refractivity contribution in [3.63, 3.8) is 0 Å². The Morgan fingerprint density at radius 3 is 2.45 bits per heavy atom. The first-order chi connectivity index (χ1) is 9.56. The molecule has 1 heterocycles. The number of carbonyl (C=O) groups excluding carboxylic acids is 1. The fourth-order valence-corrected chi connectivity index (χ4v) is 5.49. The highest BCUT2D eigenvalue weighted by Gasteiger charge is 2.57. The summed E-state index contributed by atoms with van der Waals surface area (Å²) in [7, 11) is 0. The maximum absolute atomic E-state index is 12.4. The first kappa shape index (κ1) is 12.4. The average molecular weight is 271 g/mol. The van der Waals surface area contributed by atoms with Gasteiger partial charge in [0.2, 0.25) is 0 Å². The molecule has 0 spiro atoms. The van der Waals surface area contributed by atoms with Crippen LogP contribution in [0.5, 0.6) is 0 Å². The Hall–Kier alpha value is -1.38. The van der Waals surface area contributed by atoms with Crippen LogP contribution in [0.25, 0.3) is 0 Å². The van der Waals surface area contributed by atoms with Crippen LogP contribution >= 0.6 is 0 Å². The minimum atomic E-state index is -0.181. The van der Waals surface area contributed by atoms with Crippen molar-refractivity contribution < 1.29 is 9.53 Å². The predicted octanol–water partition coefficient (Wildman–Crippen LogP) is 3.60. The number of carbonyl (C=O) groups is 1. The predicted molar refractivity (Wildman–Crippen MR) is 75.2 cm³/mol. The molecule has 20 heavy (non-hydrogen) atoms. The molecule has 4 aliphatic rings. The lowest BCUT2D eigenvalue weighted by Crippen LogP contribution is -2.56. The van der Waals surface area contributed by atoms with Gasteiger partial charge in [0.1, 0.15) is 5.60 Å². The fourth-order valence-electron chi connectivity index (χ4n) is 5.49. The lowest BCUT2D eigenvalue weighted by molar-refractivity contribution is -0.161. The molecule has 4 aliphatic carbocycles. The molecule has 0 N–H and O–H groups in total. The number of nitrogens with zero attached hydrogens (tertiary/aromatic N) is 1. The number of hydrogen-bond acceptors (Lipinski definition) is 3. The van der Waals surface area contributed by atoms with Gasteiger partial charge in [-0.2, -0.15) is 0 Å². The molecular formula is C17H21NO2. The van der Waals surface area contributed by atoms with Gasteiger partial charge in [0.25, 0.3) is 0 Å². The van der Waals surface area contributed by atoms with Crippen LogP contribution in [-0.2, 0) is 4.74 Å². The van der Waals surface area contributed by atoms with Crippen molar-refractivity contribution in [3.05, 3.63) is 30.1 Å². The Morgan fingerprint density at radius 1 is 1.20 bits per heavy atom. The summed E-state index contributed by atoms with van der Waals surface area (Å²) in [5.74, 6) is 1.37. The molecule has 4 bridgehead atoms. The van der Waals surface area contributed by atoms with Gasteiger partial charge in [0.05, 0.1) is 5.56 Å². The van der Waals surface area contributed by atoms with Gasteiger partial charge in [-0.05, 0) is 67.9 Å². The molecule has 3 heteroatoms. The van der Waals surface area contributed by atoms with E-state index in [1.54, 1.807) is 24.5 Å². The van der Waals surface area contributed by atoms with Crippen LogP contribution < -0.4 is 0 Å². The number of aromatic nitrogens is 1. The van der Waals surface area contributed by atoms with Gasteiger partial charge < -0.3 is 4.74 Å². The van der Waals surface area contributed by atoms with Gasteiger partial charge in [0.15, 0.2) is 0 Å². The van der Waals surface area contributed by atoms with Crippen LogP contribution in [0, 0.1) is 17.3 Å². The number of ether oxygens (including phenoxy) is 1. The van der Waals surface area contributed by atoms with Crippen LogP contribution in [0.1, 0.15) is 55.8 Å².